The largest absolute Gasteiger partial charge is 0.334 e. The van der Waals surface area contributed by atoms with Crippen LogP contribution in [-0.4, -0.2) is 15.8 Å². The van der Waals surface area contributed by atoms with Gasteiger partial charge in [0, 0.05) is 31.5 Å². The molecule has 2 aromatic carbocycles. The Kier molecular flexibility index (Phi) is 5.58. The Morgan fingerprint density at radius 1 is 0.923 bits per heavy atom. The Morgan fingerprint density at radius 2 is 1.54 bits per heavy atom. The number of carbonyl (C=O) groups is 1. The van der Waals surface area contributed by atoms with Crippen LogP contribution in [0, 0.1) is 11.6 Å². The van der Waals surface area contributed by atoms with Gasteiger partial charge >= 0.3 is 6.03 Å². The number of halogens is 2. The van der Waals surface area contributed by atoms with Crippen molar-refractivity contribution in [2.24, 2.45) is 0 Å². The van der Waals surface area contributed by atoms with Crippen LogP contribution in [0.5, 0.6) is 0 Å². The molecule has 1 heterocycles. The maximum atomic E-state index is 13.1. The van der Waals surface area contributed by atoms with E-state index in [0.29, 0.717) is 18.7 Å². The van der Waals surface area contributed by atoms with E-state index in [1.54, 1.807) is 6.20 Å². The minimum Gasteiger partial charge on any atom is -0.334 e. The fourth-order valence-corrected chi connectivity index (χ4v) is 2.48. The summed E-state index contributed by atoms with van der Waals surface area (Å²) in [7, 11) is 0. The van der Waals surface area contributed by atoms with E-state index in [-0.39, 0.29) is 6.54 Å². The molecule has 0 spiro atoms. The van der Waals surface area contributed by atoms with Crippen LogP contribution >= 0.6 is 0 Å². The van der Waals surface area contributed by atoms with Crippen molar-refractivity contribution in [1.82, 2.24) is 20.4 Å². The summed E-state index contributed by atoms with van der Waals surface area (Å²) in [5, 5.41) is 9.43. The Hall–Kier alpha value is -3.22. The second-order valence-electron chi connectivity index (χ2n) is 5.83. The number of nitrogens with zero attached hydrogens (tertiary/aromatic N) is 2. The number of rotatable bonds is 6. The van der Waals surface area contributed by atoms with Gasteiger partial charge in [-0.05, 0) is 34.9 Å². The summed E-state index contributed by atoms with van der Waals surface area (Å²) in [6.45, 7) is 1.08. The topological polar surface area (TPSA) is 59.0 Å². The fourth-order valence-electron chi connectivity index (χ4n) is 2.48. The molecular formula is C19H18F2N4O. The molecule has 2 amide bonds. The SMILES string of the molecule is O=C(NCc1ccc(Cn2cccn2)cc1)NCc1cc(F)cc(F)c1. The highest BCUT2D eigenvalue weighted by atomic mass is 19.1. The molecule has 0 saturated heterocycles. The van der Waals surface area contributed by atoms with E-state index >= 15 is 0 Å². The summed E-state index contributed by atoms with van der Waals surface area (Å²) >= 11 is 0. The molecule has 5 nitrogen and oxygen atoms in total. The minimum atomic E-state index is -0.669. The molecular weight excluding hydrogens is 338 g/mol. The van der Waals surface area contributed by atoms with Crippen LogP contribution in [0.4, 0.5) is 13.6 Å². The molecule has 1 aromatic heterocycles. The third-order valence-corrected chi connectivity index (χ3v) is 3.76. The van der Waals surface area contributed by atoms with Gasteiger partial charge in [0.15, 0.2) is 0 Å². The first-order valence-corrected chi connectivity index (χ1v) is 8.10. The van der Waals surface area contributed by atoms with Crippen LogP contribution in [0.3, 0.4) is 0 Å². The Labute approximate surface area is 149 Å². The van der Waals surface area contributed by atoms with Gasteiger partial charge in [0.05, 0.1) is 6.54 Å². The summed E-state index contributed by atoms with van der Waals surface area (Å²) in [6, 6.07) is 12.4. The van der Waals surface area contributed by atoms with Crippen molar-refractivity contribution in [3.8, 4) is 0 Å². The molecule has 7 heteroatoms. The van der Waals surface area contributed by atoms with Gasteiger partial charge in [-0.1, -0.05) is 24.3 Å². The number of amides is 2. The van der Waals surface area contributed by atoms with Crippen LogP contribution in [0.1, 0.15) is 16.7 Å². The monoisotopic (exact) mass is 356 g/mol. The zero-order valence-electron chi connectivity index (χ0n) is 14.0. The number of aromatic nitrogens is 2. The maximum Gasteiger partial charge on any atom is 0.315 e. The molecule has 0 fully saturated rings. The van der Waals surface area contributed by atoms with Gasteiger partial charge in [-0.3, -0.25) is 4.68 Å². The van der Waals surface area contributed by atoms with E-state index in [9.17, 15) is 13.6 Å². The molecule has 0 saturated carbocycles. The molecule has 0 atom stereocenters. The van der Waals surface area contributed by atoms with Gasteiger partial charge in [-0.25, -0.2) is 13.6 Å². The van der Waals surface area contributed by atoms with E-state index in [4.69, 9.17) is 0 Å². The van der Waals surface area contributed by atoms with Crippen molar-refractivity contribution in [3.63, 3.8) is 0 Å². The zero-order valence-corrected chi connectivity index (χ0v) is 14.0. The van der Waals surface area contributed by atoms with Crippen LogP contribution in [0.15, 0.2) is 60.9 Å². The first kappa shape index (κ1) is 17.6. The van der Waals surface area contributed by atoms with Gasteiger partial charge in [0.2, 0.25) is 0 Å². The highest BCUT2D eigenvalue weighted by Crippen LogP contribution is 2.08. The fraction of sp³-hybridized carbons (Fsp3) is 0.158. The van der Waals surface area contributed by atoms with E-state index in [2.05, 4.69) is 15.7 Å². The smallest absolute Gasteiger partial charge is 0.315 e. The van der Waals surface area contributed by atoms with Crippen LogP contribution in [-0.2, 0) is 19.6 Å². The number of carbonyl (C=O) groups excluding carboxylic acids is 1. The number of benzene rings is 2. The quantitative estimate of drug-likeness (QED) is 0.713. The predicted octanol–water partition coefficient (Wildman–Crippen LogP) is 3.21. The van der Waals surface area contributed by atoms with Crippen LogP contribution in [0.2, 0.25) is 0 Å². The third-order valence-electron chi connectivity index (χ3n) is 3.76. The van der Waals surface area contributed by atoms with Crippen molar-refractivity contribution in [1.29, 1.82) is 0 Å². The summed E-state index contributed by atoms with van der Waals surface area (Å²) in [5.74, 6) is -1.34. The number of hydrogen-bond donors (Lipinski definition) is 2. The lowest BCUT2D eigenvalue weighted by Crippen LogP contribution is -2.34. The number of nitrogens with one attached hydrogen (secondary N) is 2. The molecule has 3 rings (SSSR count). The molecule has 26 heavy (non-hydrogen) atoms. The predicted molar refractivity (Wildman–Crippen MR) is 93.2 cm³/mol. The second kappa shape index (κ2) is 8.24. The van der Waals surface area contributed by atoms with Gasteiger partial charge in [-0.2, -0.15) is 5.10 Å². The minimum absolute atomic E-state index is 0.0450. The van der Waals surface area contributed by atoms with E-state index < -0.39 is 17.7 Å². The summed E-state index contributed by atoms with van der Waals surface area (Å²) in [6.07, 6.45) is 3.62. The first-order valence-electron chi connectivity index (χ1n) is 8.10. The van der Waals surface area contributed by atoms with Crippen LogP contribution < -0.4 is 10.6 Å². The Morgan fingerprint density at radius 3 is 2.15 bits per heavy atom. The van der Waals surface area contributed by atoms with Crippen molar-refractivity contribution in [3.05, 3.63) is 89.2 Å². The third kappa shape index (κ3) is 5.14. The molecule has 134 valence electrons. The second-order valence-corrected chi connectivity index (χ2v) is 5.83. The highest BCUT2D eigenvalue weighted by Gasteiger charge is 2.04. The first-order chi connectivity index (χ1) is 12.6. The van der Waals surface area contributed by atoms with Crippen LogP contribution in [0.25, 0.3) is 0 Å². The lowest BCUT2D eigenvalue weighted by atomic mass is 10.1. The lowest BCUT2D eigenvalue weighted by Gasteiger charge is -2.09. The van der Waals surface area contributed by atoms with E-state index in [1.165, 1.54) is 12.1 Å². The molecule has 0 aliphatic heterocycles. The maximum absolute atomic E-state index is 13.1. The number of urea groups is 1. The average Bonchev–Trinajstić information content (AvgIpc) is 3.11. The summed E-state index contributed by atoms with van der Waals surface area (Å²) < 4.78 is 28.0. The normalized spacial score (nSPS) is 10.5. The Balaban J connectivity index is 1.45. The van der Waals surface area contributed by atoms with Gasteiger partial charge in [0.25, 0.3) is 0 Å². The molecule has 3 aromatic rings. The van der Waals surface area contributed by atoms with E-state index in [1.807, 2.05) is 41.2 Å². The van der Waals surface area contributed by atoms with E-state index in [0.717, 1.165) is 17.2 Å². The molecule has 0 unspecified atom stereocenters. The van der Waals surface area contributed by atoms with Crippen molar-refractivity contribution in [2.75, 3.05) is 0 Å². The summed E-state index contributed by atoms with van der Waals surface area (Å²) in [5.41, 5.74) is 2.41. The van der Waals surface area contributed by atoms with Crippen molar-refractivity contribution in [2.45, 2.75) is 19.6 Å². The van der Waals surface area contributed by atoms with Crippen molar-refractivity contribution < 1.29 is 13.6 Å². The molecule has 2 N–H and O–H groups in total. The number of hydrogen-bond acceptors (Lipinski definition) is 2. The highest BCUT2D eigenvalue weighted by molar-refractivity contribution is 5.73. The zero-order chi connectivity index (χ0) is 18.4. The van der Waals surface area contributed by atoms with Gasteiger partial charge < -0.3 is 10.6 Å². The standard InChI is InChI=1S/C19H18F2N4O/c20-17-8-16(9-18(21)10-17)12-23-19(26)22-11-14-2-4-15(5-3-14)13-25-7-1-6-24-25/h1-10H,11-13H2,(H2,22,23,26). The Bertz CT molecular complexity index is 844. The molecule has 0 aliphatic carbocycles. The van der Waals surface area contributed by atoms with Gasteiger partial charge in [-0.15, -0.1) is 0 Å². The molecule has 0 aliphatic rings. The lowest BCUT2D eigenvalue weighted by molar-refractivity contribution is 0.240. The van der Waals surface area contributed by atoms with Gasteiger partial charge in [0.1, 0.15) is 11.6 Å². The van der Waals surface area contributed by atoms with Crippen molar-refractivity contribution >= 4 is 6.03 Å². The average molecular weight is 356 g/mol. The molecule has 0 bridgehead atoms. The molecule has 0 radical (unpaired) electrons. The summed E-state index contributed by atoms with van der Waals surface area (Å²) in [4.78, 5) is 11.8.